The first kappa shape index (κ1) is 27.5. The molecule has 0 radical (unpaired) electrons. The van der Waals surface area contributed by atoms with Gasteiger partial charge < -0.3 is 15.1 Å². The second-order valence-electron chi connectivity index (χ2n) is 11.5. The third-order valence-corrected chi connectivity index (χ3v) is 8.92. The summed E-state index contributed by atoms with van der Waals surface area (Å²) in [7, 11) is 0. The Morgan fingerprint density at radius 1 is 0.756 bits per heavy atom. The van der Waals surface area contributed by atoms with Crippen molar-refractivity contribution in [3.63, 3.8) is 0 Å². The second kappa shape index (κ2) is 12.4. The lowest BCUT2D eigenvalue weighted by atomic mass is 10.00. The molecule has 214 valence electrons. The van der Waals surface area contributed by atoms with Crippen LogP contribution in [0.2, 0.25) is 0 Å². The van der Waals surface area contributed by atoms with Crippen LogP contribution in [0.3, 0.4) is 0 Å². The van der Waals surface area contributed by atoms with Gasteiger partial charge in [0.15, 0.2) is 0 Å². The quantitative estimate of drug-likeness (QED) is 0.371. The Labute approximate surface area is 242 Å². The van der Waals surface area contributed by atoms with Crippen molar-refractivity contribution in [2.24, 2.45) is 0 Å². The highest BCUT2D eigenvalue weighted by molar-refractivity contribution is 5.98. The molecule has 3 aromatic carbocycles. The number of halogens is 1. The Kier molecular flexibility index (Phi) is 8.33. The van der Waals surface area contributed by atoms with Crippen molar-refractivity contribution >= 4 is 23.2 Å². The van der Waals surface area contributed by atoms with Gasteiger partial charge in [-0.2, -0.15) is 0 Å². The summed E-state index contributed by atoms with van der Waals surface area (Å²) in [5.41, 5.74) is 3.94. The van der Waals surface area contributed by atoms with Crippen LogP contribution in [-0.2, 0) is 9.59 Å². The largest absolute Gasteiger partial charge is 0.364 e. The van der Waals surface area contributed by atoms with Gasteiger partial charge in [-0.25, -0.2) is 4.39 Å². The van der Waals surface area contributed by atoms with E-state index in [2.05, 4.69) is 27.2 Å². The number of hydrogen-bond donors (Lipinski definition) is 1. The Hall–Kier alpha value is -3.71. The van der Waals surface area contributed by atoms with E-state index in [9.17, 15) is 14.0 Å². The van der Waals surface area contributed by atoms with Gasteiger partial charge in [-0.15, -0.1) is 0 Å². The van der Waals surface area contributed by atoms with Crippen LogP contribution >= 0.6 is 0 Å². The summed E-state index contributed by atoms with van der Waals surface area (Å²) in [6, 6.07) is 24.2. The summed E-state index contributed by atoms with van der Waals surface area (Å²) < 4.78 is 13.4. The predicted molar refractivity (Wildman–Crippen MR) is 160 cm³/mol. The highest BCUT2D eigenvalue weighted by Crippen LogP contribution is 2.37. The van der Waals surface area contributed by atoms with E-state index in [1.54, 1.807) is 0 Å². The minimum Gasteiger partial charge on any atom is -0.364 e. The highest BCUT2D eigenvalue weighted by Gasteiger charge is 2.40. The summed E-state index contributed by atoms with van der Waals surface area (Å²) in [6.07, 6.45) is 7.00. The summed E-state index contributed by atoms with van der Waals surface area (Å²) in [6.45, 7) is 3.35. The van der Waals surface area contributed by atoms with Crippen LogP contribution in [0.15, 0.2) is 78.9 Å². The number of benzene rings is 3. The van der Waals surface area contributed by atoms with Crippen molar-refractivity contribution in [1.82, 2.24) is 9.80 Å². The fraction of sp³-hybridized carbons (Fsp3) is 0.412. The molecule has 0 unspecified atom stereocenters. The van der Waals surface area contributed by atoms with Gasteiger partial charge in [0.05, 0.1) is 6.04 Å². The normalized spacial score (nSPS) is 22.1. The van der Waals surface area contributed by atoms with Crippen LogP contribution in [-0.4, -0.2) is 53.8 Å². The molecule has 3 aliphatic heterocycles. The molecule has 41 heavy (non-hydrogen) atoms. The third kappa shape index (κ3) is 6.01. The number of carbonyl (C=O) groups excluding carboxylic acids is 2. The molecule has 2 amide bonds. The number of likely N-dealkylation sites (tertiary alicyclic amines) is 2. The molecule has 0 bridgehead atoms. The molecule has 3 aliphatic rings. The number of anilines is 2. The molecule has 3 fully saturated rings. The zero-order valence-corrected chi connectivity index (χ0v) is 23.6. The fourth-order valence-corrected chi connectivity index (χ4v) is 6.85. The lowest BCUT2D eigenvalue weighted by molar-refractivity contribution is -0.142. The van der Waals surface area contributed by atoms with Crippen molar-refractivity contribution in [2.45, 2.75) is 63.1 Å². The minimum atomic E-state index is -0.470. The number of rotatable bonds is 7. The predicted octanol–water partition coefficient (Wildman–Crippen LogP) is 6.32. The number of nitrogens with zero attached hydrogens (tertiary/aromatic N) is 3. The monoisotopic (exact) mass is 554 g/mol. The number of piperidine rings is 1. The Morgan fingerprint density at radius 3 is 2.20 bits per heavy atom. The van der Waals surface area contributed by atoms with E-state index in [0.717, 1.165) is 68.7 Å². The van der Waals surface area contributed by atoms with E-state index in [4.69, 9.17) is 0 Å². The van der Waals surface area contributed by atoms with Crippen molar-refractivity contribution < 1.29 is 14.0 Å². The van der Waals surface area contributed by atoms with Gasteiger partial charge >= 0.3 is 0 Å². The summed E-state index contributed by atoms with van der Waals surface area (Å²) in [4.78, 5) is 34.0. The molecule has 0 aliphatic carbocycles. The maximum atomic E-state index is 14.0. The molecule has 1 N–H and O–H groups in total. The number of carbonyl (C=O) groups is 2. The van der Waals surface area contributed by atoms with Crippen LogP contribution in [0.5, 0.6) is 0 Å². The van der Waals surface area contributed by atoms with E-state index in [-0.39, 0.29) is 29.7 Å². The first-order valence-corrected chi connectivity index (χ1v) is 15.1. The maximum Gasteiger partial charge on any atom is 0.247 e. The summed E-state index contributed by atoms with van der Waals surface area (Å²) >= 11 is 0. The molecular weight excluding hydrogens is 515 g/mol. The molecule has 6 nitrogen and oxygen atoms in total. The van der Waals surface area contributed by atoms with Gasteiger partial charge in [0.2, 0.25) is 11.8 Å². The van der Waals surface area contributed by atoms with Crippen molar-refractivity contribution in [3.8, 4) is 0 Å². The lowest BCUT2D eigenvalue weighted by Gasteiger charge is -2.37. The second-order valence-corrected chi connectivity index (χ2v) is 11.5. The number of nitrogens with one attached hydrogen (secondary N) is 1. The molecule has 3 aromatic rings. The van der Waals surface area contributed by atoms with E-state index in [1.807, 2.05) is 59.5 Å². The first-order chi connectivity index (χ1) is 20.1. The van der Waals surface area contributed by atoms with Gasteiger partial charge in [-0.3, -0.25) is 14.5 Å². The molecular formula is C34H39FN4O2. The van der Waals surface area contributed by atoms with E-state index < -0.39 is 6.04 Å². The van der Waals surface area contributed by atoms with Crippen LogP contribution in [0.4, 0.5) is 15.8 Å². The zero-order chi connectivity index (χ0) is 28.2. The summed E-state index contributed by atoms with van der Waals surface area (Å²) in [5, 5.41) is 3.09. The van der Waals surface area contributed by atoms with Gasteiger partial charge in [-0.1, -0.05) is 48.9 Å². The van der Waals surface area contributed by atoms with Gasteiger partial charge in [0.1, 0.15) is 17.9 Å². The molecule has 0 aromatic heterocycles. The molecule has 6 rings (SSSR count). The van der Waals surface area contributed by atoms with Crippen molar-refractivity contribution in [3.05, 3.63) is 95.8 Å². The van der Waals surface area contributed by atoms with Crippen LogP contribution in [0.1, 0.15) is 68.2 Å². The van der Waals surface area contributed by atoms with Crippen LogP contribution in [0, 0.1) is 5.82 Å². The first-order valence-electron chi connectivity index (χ1n) is 15.1. The zero-order valence-electron chi connectivity index (χ0n) is 23.6. The third-order valence-electron chi connectivity index (χ3n) is 8.92. The molecule has 3 heterocycles. The number of hydrogen-bond acceptors (Lipinski definition) is 4. The van der Waals surface area contributed by atoms with Crippen LogP contribution in [0.25, 0.3) is 0 Å². The topological polar surface area (TPSA) is 55.9 Å². The van der Waals surface area contributed by atoms with Crippen molar-refractivity contribution in [1.29, 1.82) is 0 Å². The lowest BCUT2D eigenvalue weighted by Crippen LogP contribution is -2.49. The molecule has 3 saturated heterocycles. The van der Waals surface area contributed by atoms with Gasteiger partial charge in [0, 0.05) is 24.5 Å². The average Bonchev–Trinajstić information content (AvgIpc) is 3.70. The summed E-state index contributed by atoms with van der Waals surface area (Å²) in [5.74, 6) is -0.315. The Bertz CT molecular complexity index is 1330. The fourth-order valence-electron chi connectivity index (χ4n) is 6.85. The SMILES string of the molecule is O=C(Nc1ccc([C@@H]2CCCN2c2ccc(F)cc2)cc1)[C@@H]1CCCN1C(=O)[C@@H](c1ccccc1)N1CCCCC1. The van der Waals surface area contributed by atoms with Crippen molar-refractivity contribution in [2.75, 3.05) is 36.4 Å². The van der Waals surface area contributed by atoms with Gasteiger partial charge in [-0.05, 0) is 99.1 Å². The highest BCUT2D eigenvalue weighted by atomic mass is 19.1. The smallest absolute Gasteiger partial charge is 0.247 e. The molecule has 0 spiro atoms. The number of amides is 2. The van der Waals surface area contributed by atoms with E-state index in [1.165, 1.54) is 24.1 Å². The molecule has 0 saturated carbocycles. The molecule has 7 heteroatoms. The average molecular weight is 555 g/mol. The maximum absolute atomic E-state index is 14.0. The van der Waals surface area contributed by atoms with E-state index >= 15 is 0 Å². The van der Waals surface area contributed by atoms with Gasteiger partial charge in [0.25, 0.3) is 0 Å². The Balaban J connectivity index is 1.14. The standard InChI is InChI=1S/C34H39FN4O2/c35-27-15-19-29(20-16-27)38-23-7-11-30(38)25-13-17-28(18-14-25)36-33(40)31-12-8-24-39(31)34(41)32(26-9-3-1-4-10-26)37-21-5-2-6-22-37/h1,3-4,9-10,13-20,30-32H,2,5-8,11-12,21-24H2,(H,36,40)/t30-,31-,32+/m0/s1. The minimum absolute atomic E-state index is 0.0354. The Morgan fingerprint density at radius 2 is 1.46 bits per heavy atom. The van der Waals surface area contributed by atoms with E-state index in [0.29, 0.717) is 13.0 Å². The van der Waals surface area contributed by atoms with Crippen LogP contribution < -0.4 is 10.2 Å². The molecule has 3 atom stereocenters.